The molecule has 0 aliphatic carbocycles. The standard InChI is InChI=1S/C10H7F2N3O/c11-7-1-2-8(9(12)3-7)10(16)4-15-6-13-5-14-15/h1-3,5-6H,4H2/i5D,6D. The van der Waals surface area contributed by atoms with Gasteiger partial charge in [-0.2, -0.15) is 5.10 Å². The Morgan fingerprint density at radius 3 is 2.94 bits per heavy atom. The normalized spacial score (nSPS) is 12.1. The average molecular weight is 225 g/mol. The number of hydrogen-bond acceptors (Lipinski definition) is 3. The van der Waals surface area contributed by atoms with Crippen molar-refractivity contribution >= 4 is 5.78 Å². The maximum atomic E-state index is 13.3. The molecule has 0 spiro atoms. The van der Waals surface area contributed by atoms with Crippen LogP contribution in [0.1, 0.15) is 13.1 Å². The number of halogens is 2. The summed E-state index contributed by atoms with van der Waals surface area (Å²) in [7, 11) is 0. The van der Waals surface area contributed by atoms with Gasteiger partial charge in [0, 0.05) is 6.07 Å². The fourth-order valence-electron chi connectivity index (χ4n) is 1.19. The van der Waals surface area contributed by atoms with Crippen molar-refractivity contribution in [2.24, 2.45) is 0 Å². The van der Waals surface area contributed by atoms with Gasteiger partial charge in [-0.15, -0.1) is 0 Å². The minimum atomic E-state index is -0.974. The number of carbonyl (C=O) groups excluding carboxylic acids is 1. The highest BCUT2D eigenvalue weighted by Gasteiger charge is 2.13. The van der Waals surface area contributed by atoms with Gasteiger partial charge in [-0.25, -0.2) is 18.4 Å². The van der Waals surface area contributed by atoms with Crippen molar-refractivity contribution in [3.63, 3.8) is 0 Å². The van der Waals surface area contributed by atoms with E-state index >= 15 is 0 Å². The molecular formula is C10H7F2N3O. The number of nitrogens with zero attached hydrogens (tertiary/aromatic N) is 3. The van der Waals surface area contributed by atoms with E-state index in [9.17, 15) is 13.6 Å². The van der Waals surface area contributed by atoms with Crippen LogP contribution in [0.4, 0.5) is 8.78 Å². The Labute approximate surface area is 92.3 Å². The molecule has 1 heterocycles. The summed E-state index contributed by atoms with van der Waals surface area (Å²) >= 11 is 0. The van der Waals surface area contributed by atoms with Crippen LogP contribution < -0.4 is 0 Å². The van der Waals surface area contributed by atoms with Crippen LogP contribution >= 0.6 is 0 Å². The van der Waals surface area contributed by atoms with E-state index in [4.69, 9.17) is 2.74 Å². The molecule has 16 heavy (non-hydrogen) atoms. The fourth-order valence-corrected chi connectivity index (χ4v) is 1.19. The van der Waals surface area contributed by atoms with Crippen molar-refractivity contribution in [2.45, 2.75) is 6.54 Å². The van der Waals surface area contributed by atoms with Crippen LogP contribution in [0.5, 0.6) is 0 Å². The molecule has 4 nitrogen and oxygen atoms in total. The number of benzene rings is 1. The van der Waals surface area contributed by atoms with Crippen LogP contribution in [0.25, 0.3) is 0 Å². The Bertz CT molecular complexity index is 615. The second kappa shape index (κ2) is 4.18. The van der Waals surface area contributed by atoms with E-state index in [-0.39, 0.29) is 11.9 Å². The highest BCUT2D eigenvalue weighted by molar-refractivity contribution is 5.96. The lowest BCUT2D eigenvalue weighted by molar-refractivity contribution is 0.0963. The first-order valence-corrected chi connectivity index (χ1v) is 4.33. The molecule has 0 fully saturated rings. The van der Waals surface area contributed by atoms with Gasteiger partial charge >= 0.3 is 0 Å². The molecule has 0 aliphatic heterocycles. The van der Waals surface area contributed by atoms with Crippen molar-refractivity contribution in [3.05, 3.63) is 48.0 Å². The molecule has 0 amide bonds. The Morgan fingerprint density at radius 1 is 1.50 bits per heavy atom. The third-order valence-electron chi connectivity index (χ3n) is 1.91. The molecule has 0 unspecified atom stereocenters. The highest BCUT2D eigenvalue weighted by atomic mass is 19.1. The average Bonchev–Trinajstić information content (AvgIpc) is 2.57. The van der Waals surface area contributed by atoms with E-state index in [0.717, 1.165) is 16.8 Å². The molecular weight excluding hydrogens is 216 g/mol. The van der Waals surface area contributed by atoms with Gasteiger partial charge in [0.05, 0.1) is 5.56 Å². The van der Waals surface area contributed by atoms with Crippen LogP contribution in [0, 0.1) is 11.6 Å². The first kappa shape index (κ1) is 8.09. The number of rotatable bonds is 3. The topological polar surface area (TPSA) is 47.8 Å². The summed E-state index contributed by atoms with van der Waals surface area (Å²) in [6, 6.07) is 2.59. The second-order valence-electron chi connectivity index (χ2n) is 3.02. The molecule has 2 rings (SSSR count). The van der Waals surface area contributed by atoms with Crippen LogP contribution in [0.2, 0.25) is 0 Å². The molecule has 1 aromatic heterocycles. The predicted octanol–water partition coefficient (Wildman–Crippen LogP) is 1.44. The minimum Gasteiger partial charge on any atom is -0.292 e. The smallest absolute Gasteiger partial charge is 0.187 e. The van der Waals surface area contributed by atoms with Gasteiger partial charge in [0.15, 0.2) is 5.78 Å². The zero-order valence-corrected chi connectivity index (χ0v) is 7.94. The summed E-state index contributed by atoms with van der Waals surface area (Å²) < 4.78 is 41.2. The zero-order chi connectivity index (χ0) is 13.3. The van der Waals surface area contributed by atoms with E-state index in [0.29, 0.717) is 6.07 Å². The van der Waals surface area contributed by atoms with Crippen molar-refractivity contribution in [2.75, 3.05) is 0 Å². The lowest BCUT2D eigenvalue weighted by atomic mass is 10.1. The summed E-state index contributed by atoms with van der Waals surface area (Å²) in [6.07, 6.45) is -0.761. The van der Waals surface area contributed by atoms with E-state index in [1.807, 2.05) is 0 Å². The fraction of sp³-hybridized carbons (Fsp3) is 0.100. The van der Waals surface area contributed by atoms with E-state index < -0.39 is 30.3 Å². The van der Waals surface area contributed by atoms with Gasteiger partial charge in [0.2, 0.25) is 0 Å². The Balaban J connectivity index is 2.24. The van der Waals surface area contributed by atoms with Crippen molar-refractivity contribution < 1.29 is 16.3 Å². The van der Waals surface area contributed by atoms with Gasteiger partial charge in [-0.05, 0) is 12.1 Å². The highest BCUT2D eigenvalue weighted by Crippen LogP contribution is 2.10. The SMILES string of the molecule is [2H]c1nc([2H])n(CC(=O)c2ccc(F)cc2F)n1. The van der Waals surface area contributed by atoms with Crippen LogP contribution in [0.15, 0.2) is 30.8 Å². The van der Waals surface area contributed by atoms with Gasteiger partial charge in [0.1, 0.15) is 33.5 Å². The van der Waals surface area contributed by atoms with Crippen molar-refractivity contribution in [1.82, 2.24) is 14.8 Å². The summed E-state index contributed by atoms with van der Waals surface area (Å²) in [4.78, 5) is 15.1. The second-order valence-corrected chi connectivity index (χ2v) is 3.02. The lowest BCUT2D eigenvalue weighted by Crippen LogP contribution is -2.12. The predicted molar refractivity (Wildman–Crippen MR) is 50.7 cm³/mol. The van der Waals surface area contributed by atoms with Crippen molar-refractivity contribution in [3.8, 4) is 0 Å². The monoisotopic (exact) mass is 225 g/mol. The summed E-state index contributed by atoms with van der Waals surface area (Å²) in [5, 5.41) is 3.49. The quantitative estimate of drug-likeness (QED) is 0.742. The maximum absolute atomic E-state index is 13.3. The van der Waals surface area contributed by atoms with Crippen molar-refractivity contribution in [1.29, 1.82) is 0 Å². The molecule has 1 aromatic carbocycles. The first-order valence-electron chi connectivity index (χ1n) is 5.33. The number of hydrogen-bond donors (Lipinski definition) is 0. The van der Waals surface area contributed by atoms with E-state index in [1.54, 1.807) is 0 Å². The molecule has 0 radical (unpaired) electrons. The Kier molecular flexibility index (Phi) is 2.11. The molecule has 0 saturated heterocycles. The third kappa shape index (κ3) is 2.10. The molecule has 0 N–H and O–H groups in total. The van der Waals surface area contributed by atoms with Crippen LogP contribution in [-0.2, 0) is 6.54 Å². The molecule has 82 valence electrons. The summed E-state index contributed by atoms with van der Waals surface area (Å²) in [6.45, 7) is -0.423. The number of carbonyl (C=O) groups is 1. The molecule has 0 aliphatic rings. The maximum Gasteiger partial charge on any atom is 0.187 e. The molecule has 0 atom stereocenters. The minimum absolute atomic E-state index is 0.294. The molecule has 0 saturated carbocycles. The third-order valence-corrected chi connectivity index (χ3v) is 1.91. The van der Waals surface area contributed by atoms with Gasteiger partial charge in [-0.1, -0.05) is 0 Å². The first-order chi connectivity index (χ1) is 8.47. The number of ketones is 1. The largest absolute Gasteiger partial charge is 0.292 e. The molecule has 0 bridgehead atoms. The molecule has 6 heteroatoms. The number of aromatic nitrogens is 3. The molecule has 2 aromatic rings. The Morgan fingerprint density at radius 2 is 2.31 bits per heavy atom. The lowest BCUT2D eigenvalue weighted by Gasteiger charge is -2.02. The van der Waals surface area contributed by atoms with Gasteiger partial charge in [0.25, 0.3) is 0 Å². The van der Waals surface area contributed by atoms with Gasteiger partial charge < -0.3 is 0 Å². The summed E-state index contributed by atoms with van der Waals surface area (Å²) in [5.41, 5.74) is -0.294. The van der Waals surface area contributed by atoms with E-state index in [1.165, 1.54) is 0 Å². The van der Waals surface area contributed by atoms with Crippen LogP contribution in [-0.4, -0.2) is 20.5 Å². The number of Topliss-reactive ketones (excluding diaryl/α,β-unsaturated/α-hetero) is 1. The summed E-state index contributed by atoms with van der Waals surface area (Å²) in [5.74, 6) is -2.43. The zero-order valence-electron chi connectivity index (χ0n) is 9.94. The van der Waals surface area contributed by atoms with E-state index in [2.05, 4.69) is 10.1 Å². The van der Waals surface area contributed by atoms with Crippen LogP contribution in [0.3, 0.4) is 0 Å². The van der Waals surface area contributed by atoms with Gasteiger partial charge in [-0.3, -0.25) is 4.79 Å². The Hall–Kier alpha value is -2.11.